The maximum atomic E-state index is 9.57. The zero-order chi connectivity index (χ0) is 8.97. The van der Waals surface area contributed by atoms with Crippen LogP contribution in [0.25, 0.3) is 0 Å². The fourth-order valence-corrected chi connectivity index (χ4v) is 1.92. The van der Waals surface area contributed by atoms with E-state index in [9.17, 15) is 10.2 Å². The van der Waals surface area contributed by atoms with E-state index in [4.69, 9.17) is 0 Å². The fourth-order valence-electron chi connectivity index (χ4n) is 1.92. The van der Waals surface area contributed by atoms with E-state index < -0.39 is 0 Å². The van der Waals surface area contributed by atoms with Crippen LogP contribution in [0.5, 0.6) is 0 Å². The quantitative estimate of drug-likeness (QED) is 0.630. The first-order valence-electron chi connectivity index (χ1n) is 4.72. The number of hydrogen-bond donors (Lipinski definition) is 2. The molecule has 1 fully saturated rings. The molecule has 0 heterocycles. The van der Waals surface area contributed by atoms with Crippen molar-refractivity contribution in [3.8, 4) is 0 Å². The Balaban J connectivity index is 2.39. The Bertz CT molecular complexity index is 135. The second kappa shape index (κ2) is 4.63. The van der Waals surface area contributed by atoms with Crippen LogP contribution in [0.2, 0.25) is 0 Å². The molecule has 1 aliphatic rings. The number of aliphatic hydroxyl groups is 2. The van der Waals surface area contributed by atoms with Crippen molar-refractivity contribution >= 4 is 0 Å². The molecular formula is C10H18O2. The van der Waals surface area contributed by atoms with Gasteiger partial charge in [-0.25, -0.2) is 0 Å². The molecule has 1 aliphatic carbocycles. The van der Waals surface area contributed by atoms with Crippen molar-refractivity contribution in [3.63, 3.8) is 0 Å². The Morgan fingerprint density at radius 3 is 2.33 bits per heavy atom. The lowest BCUT2D eigenvalue weighted by molar-refractivity contribution is -0.0263. The minimum Gasteiger partial charge on any atom is -0.393 e. The van der Waals surface area contributed by atoms with Crippen LogP contribution in [0.4, 0.5) is 0 Å². The Kier molecular flexibility index (Phi) is 3.76. The molecule has 0 bridgehead atoms. The normalized spacial score (nSPS) is 36.3. The van der Waals surface area contributed by atoms with Gasteiger partial charge in [-0.3, -0.25) is 0 Å². The van der Waals surface area contributed by atoms with Crippen molar-refractivity contribution < 1.29 is 10.2 Å². The zero-order valence-electron chi connectivity index (χ0n) is 7.45. The summed E-state index contributed by atoms with van der Waals surface area (Å²) in [6.07, 6.45) is 5.64. The van der Waals surface area contributed by atoms with Crippen LogP contribution >= 0.6 is 0 Å². The molecule has 1 saturated carbocycles. The lowest BCUT2D eigenvalue weighted by atomic mass is 9.81. The molecule has 1 rings (SSSR count). The molecule has 0 aliphatic heterocycles. The standard InChI is InChI=1S/C10H18O2/c1-2-3-5-8-9(11)6-4-7-10(8)12/h2,8-12H,1,3-7H2/t8?,9-,10+. The van der Waals surface area contributed by atoms with Crippen molar-refractivity contribution in [1.82, 2.24) is 0 Å². The number of aliphatic hydroxyl groups excluding tert-OH is 2. The smallest absolute Gasteiger partial charge is 0.0593 e. The van der Waals surface area contributed by atoms with E-state index in [0.29, 0.717) is 0 Å². The molecule has 0 amide bonds. The first-order chi connectivity index (χ1) is 5.75. The molecule has 0 saturated heterocycles. The third-order valence-corrected chi connectivity index (χ3v) is 2.69. The lowest BCUT2D eigenvalue weighted by Gasteiger charge is -2.32. The van der Waals surface area contributed by atoms with Gasteiger partial charge in [-0.15, -0.1) is 6.58 Å². The number of rotatable bonds is 3. The highest BCUT2D eigenvalue weighted by Crippen LogP contribution is 2.28. The molecular weight excluding hydrogens is 152 g/mol. The predicted octanol–water partition coefficient (Wildman–Crippen LogP) is 1.47. The summed E-state index contributed by atoms with van der Waals surface area (Å²) in [6.45, 7) is 3.63. The van der Waals surface area contributed by atoms with E-state index in [1.807, 2.05) is 6.08 Å². The fraction of sp³-hybridized carbons (Fsp3) is 0.800. The Morgan fingerprint density at radius 2 is 1.83 bits per heavy atom. The third kappa shape index (κ3) is 2.32. The predicted molar refractivity (Wildman–Crippen MR) is 48.8 cm³/mol. The maximum Gasteiger partial charge on any atom is 0.0593 e. The number of allylic oxidation sites excluding steroid dienone is 1. The summed E-state index contributed by atoms with van der Waals surface area (Å²) < 4.78 is 0. The van der Waals surface area contributed by atoms with Crippen LogP contribution in [0.15, 0.2) is 12.7 Å². The van der Waals surface area contributed by atoms with Crippen molar-refractivity contribution in [2.75, 3.05) is 0 Å². The summed E-state index contributed by atoms with van der Waals surface area (Å²) in [4.78, 5) is 0. The SMILES string of the molecule is C=CCCC1[C@H](O)CCC[C@@H]1O. The monoisotopic (exact) mass is 170 g/mol. The molecule has 2 heteroatoms. The lowest BCUT2D eigenvalue weighted by Crippen LogP contribution is -2.35. The van der Waals surface area contributed by atoms with E-state index in [1.54, 1.807) is 0 Å². The summed E-state index contributed by atoms with van der Waals surface area (Å²) in [6, 6.07) is 0. The van der Waals surface area contributed by atoms with Gasteiger partial charge in [0.2, 0.25) is 0 Å². The van der Waals surface area contributed by atoms with Gasteiger partial charge in [-0.1, -0.05) is 6.08 Å². The maximum absolute atomic E-state index is 9.57. The Morgan fingerprint density at radius 1 is 1.25 bits per heavy atom. The highest BCUT2D eigenvalue weighted by atomic mass is 16.3. The van der Waals surface area contributed by atoms with E-state index >= 15 is 0 Å². The molecule has 2 N–H and O–H groups in total. The average molecular weight is 170 g/mol. The van der Waals surface area contributed by atoms with Gasteiger partial charge < -0.3 is 10.2 Å². The molecule has 0 radical (unpaired) electrons. The van der Waals surface area contributed by atoms with Gasteiger partial charge in [0.05, 0.1) is 12.2 Å². The summed E-state index contributed by atoms with van der Waals surface area (Å²) >= 11 is 0. The van der Waals surface area contributed by atoms with Gasteiger partial charge in [-0.05, 0) is 32.1 Å². The second-order valence-corrected chi connectivity index (χ2v) is 3.60. The van der Waals surface area contributed by atoms with Gasteiger partial charge >= 0.3 is 0 Å². The van der Waals surface area contributed by atoms with Gasteiger partial charge in [0, 0.05) is 5.92 Å². The second-order valence-electron chi connectivity index (χ2n) is 3.60. The summed E-state index contributed by atoms with van der Waals surface area (Å²) in [5.74, 6) is 0.0803. The molecule has 70 valence electrons. The van der Waals surface area contributed by atoms with Crippen LogP contribution in [-0.4, -0.2) is 22.4 Å². The minimum absolute atomic E-state index is 0.0803. The molecule has 12 heavy (non-hydrogen) atoms. The summed E-state index contributed by atoms with van der Waals surface area (Å²) in [7, 11) is 0. The summed E-state index contributed by atoms with van der Waals surface area (Å²) in [5, 5.41) is 19.1. The van der Waals surface area contributed by atoms with Crippen LogP contribution in [0.1, 0.15) is 32.1 Å². The first-order valence-corrected chi connectivity index (χ1v) is 4.72. The molecule has 0 spiro atoms. The largest absolute Gasteiger partial charge is 0.393 e. The molecule has 0 aromatic rings. The highest BCUT2D eigenvalue weighted by Gasteiger charge is 2.29. The highest BCUT2D eigenvalue weighted by molar-refractivity contribution is 4.83. The van der Waals surface area contributed by atoms with Crippen LogP contribution in [0, 0.1) is 5.92 Å². The third-order valence-electron chi connectivity index (χ3n) is 2.69. The Labute approximate surface area is 73.9 Å². The van der Waals surface area contributed by atoms with Crippen molar-refractivity contribution in [1.29, 1.82) is 0 Å². The van der Waals surface area contributed by atoms with Crippen LogP contribution < -0.4 is 0 Å². The first kappa shape index (κ1) is 9.75. The van der Waals surface area contributed by atoms with Crippen molar-refractivity contribution in [3.05, 3.63) is 12.7 Å². The van der Waals surface area contributed by atoms with E-state index in [-0.39, 0.29) is 18.1 Å². The van der Waals surface area contributed by atoms with Gasteiger partial charge in [0.15, 0.2) is 0 Å². The van der Waals surface area contributed by atoms with E-state index in [2.05, 4.69) is 6.58 Å². The molecule has 1 unspecified atom stereocenters. The van der Waals surface area contributed by atoms with Crippen molar-refractivity contribution in [2.45, 2.75) is 44.3 Å². The van der Waals surface area contributed by atoms with Crippen LogP contribution in [-0.2, 0) is 0 Å². The zero-order valence-corrected chi connectivity index (χ0v) is 7.45. The van der Waals surface area contributed by atoms with Gasteiger partial charge in [0.25, 0.3) is 0 Å². The van der Waals surface area contributed by atoms with Gasteiger partial charge in [-0.2, -0.15) is 0 Å². The molecule has 3 atom stereocenters. The van der Waals surface area contributed by atoms with Gasteiger partial charge in [0.1, 0.15) is 0 Å². The topological polar surface area (TPSA) is 40.5 Å². The molecule has 2 nitrogen and oxygen atoms in total. The Hall–Kier alpha value is -0.340. The minimum atomic E-state index is -0.298. The average Bonchev–Trinajstić information content (AvgIpc) is 2.04. The summed E-state index contributed by atoms with van der Waals surface area (Å²) in [5.41, 5.74) is 0. The molecule has 0 aromatic heterocycles. The van der Waals surface area contributed by atoms with E-state index in [1.165, 1.54) is 0 Å². The van der Waals surface area contributed by atoms with Crippen LogP contribution in [0.3, 0.4) is 0 Å². The molecule has 0 aromatic carbocycles. The number of hydrogen-bond acceptors (Lipinski definition) is 2. The van der Waals surface area contributed by atoms with Crippen molar-refractivity contribution in [2.24, 2.45) is 5.92 Å². The van der Waals surface area contributed by atoms with E-state index in [0.717, 1.165) is 32.1 Å².